The monoisotopic (exact) mass is 384 g/mol. The molecule has 0 saturated carbocycles. The van der Waals surface area contributed by atoms with Crippen LogP contribution in [0.4, 0.5) is 0 Å². The molecule has 0 radical (unpaired) electrons. The van der Waals surface area contributed by atoms with Gasteiger partial charge in [-0.1, -0.05) is 48.9 Å². The largest absolute Gasteiger partial charge is 0.260 e. The van der Waals surface area contributed by atoms with Gasteiger partial charge in [0.15, 0.2) is 5.03 Å². The number of sulfonamides is 1. The van der Waals surface area contributed by atoms with Crippen molar-refractivity contribution >= 4 is 37.9 Å². The molecule has 9 heteroatoms. The zero-order valence-electron chi connectivity index (χ0n) is 13.4. The number of hydrogen-bond donors (Lipinski definition) is 1. The van der Waals surface area contributed by atoms with Crippen molar-refractivity contribution in [3.8, 4) is 0 Å². The molecule has 24 heavy (non-hydrogen) atoms. The molecule has 128 valence electrons. The first kappa shape index (κ1) is 17.3. The molecule has 3 rings (SSSR count). The summed E-state index contributed by atoms with van der Waals surface area (Å²) in [6, 6.07) is 7.07. The summed E-state index contributed by atoms with van der Waals surface area (Å²) in [5.41, 5.74) is 1.31. The fourth-order valence-corrected chi connectivity index (χ4v) is 4.79. The molecule has 1 aromatic carbocycles. The van der Waals surface area contributed by atoms with Crippen molar-refractivity contribution in [1.29, 1.82) is 0 Å². The molecule has 0 bridgehead atoms. The topological polar surface area (TPSA) is 76.4 Å². The summed E-state index contributed by atoms with van der Waals surface area (Å²) in [7, 11) is -3.77. The van der Waals surface area contributed by atoms with Crippen molar-refractivity contribution in [2.24, 2.45) is 0 Å². The van der Waals surface area contributed by atoms with Crippen molar-refractivity contribution in [2.75, 3.05) is 0 Å². The fourth-order valence-electron chi connectivity index (χ4n) is 2.36. The molecule has 3 aromatic rings. The van der Waals surface area contributed by atoms with Gasteiger partial charge >= 0.3 is 0 Å². The zero-order chi connectivity index (χ0) is 17.5. The van der Waals surface area contributed by atoms with Gasteiger partial charge in [-0.15, -0.1) is 0 Å². The second-order valence-corrected chi connectivity index (χ2v) is 9.01. The Morgan fingerprint density at radius 2 is 2.12 bits per heavy atom. The lowest BCUT2D eigenvalue weighted by Gasteiger charge is -2.09. The Balaban J connectivity index is 1.99. The van der Waals surface area contributed by atoms with Crippen molar-refractivity contribution in [3.63, 3.8) is 0 Å². The van der Waals surface area contributed by atoms with Crippen LogP contribution in [0.25, 0.3) is 4.96 Å². The first-order valence-corrected chi connectivity index (χ1v) is 10.1. The van der Waals surface area contributed by atoms with Crippen LogP contribution in [0.3, 0.4) is 0 Å². The Morgan fingerprint density at radius 3 is 2.79 bits per heavy atom. The van der Waals surface area contributed by atoms with Gasteiger partial charge in [0.1, 0.15) is 5.01 Å². The maximum Gasteiger partial charge on any atom is 0.260 e. The molecule has 1 N–H and O–H groups in total. The van der Waals surface area contributed by atoms with Crippen LogP contribution in [0, 0.1) is 6.92 Å². The van der Waals surface area contributed by atoms with Gasteiger partial charge < -0.3 is 0 Å². The van der Waals surface area contributed by atoms with Crippen LogP contribution in [-0.4, -0.2) is 23.0 Å². The van der Waals surface area contributed by atoms with E-state index in [9.17, 15) is 8.42 Å². The van der Waals surface area contributed by atoms with E-state index in [4.69, 9.17) is 11.6 Å². The quantitative estimate of drug-likeness (QED) is 0.731. The molecule has 2 heterocycles. The normalized spacial score (nSPS) is 12.4. The van der Waals surface area contributed by atoms with E-state index in [2.05, 4.69) is 14.8 Å². The average Bonchev–Trinajstić information content (AvgIpc) is 3.01. The van der Waals surface area contributed by atoms with Crippen molar-refractivity contribution in [3.05, 3.63) is 45.6 Å². The molecular weight excluding hydrogens is 368 g/mol. The van der Waals surface area contributed by atoms with E-state index < -0.39 is 10.0 Å². The maximum atomic E-state index is 12.9. The number of nitrogens with zero attached hydrogens (tertiary/aromatic N) is 3. The number of hydrogen-bond acceptors (Lipinski definition) is 5. The lowest BCUT2D eigenvalue weighted by molar-refractivity contribution is 0.569. The van der Waals surface area contributed by atoms with Crippen LogP contribution in [0.15, 0.2) is 29.3 Å². The average molecular weight is 385 g/mol. The SMILES string of the molecule is Cc1nn2c(S(=O)(=O)NCc3cccc(Cl)c3)c(C(C)C)nc2s1. The van der Waals surface area contributed by atoms with E-state index in [1.165, 1.54) is 15.9 Å². The second-order valence-electron chi connectivity index (χ2n) is 5.73. The summed E-state index contributed by atoms with van der Waals surface area (Å²) < 4.78 is 29.8. The third kappa shape index (κ3) is 3.32. The van der Waals surface area contributed by atoms with Gasteiger partial charge in [0.2, 0.25) is 4.96 Å². The van der Waals surface area contributed by atoms with E-state index in [-0.39, 0.29) is 17.5 Å². The van der Waals surface area contributed by atoms with Gasteiger partial charge in [-0.05, 0) is 30.5 Å². The summed E-state index contributed by atoms with van der Waals surface area (Å²) in [6.07, 6.45) is 0. The van der Waals surface area contributed by atoms with E-state index >= 15 is 0 Å². The molecule has 6 nitrogen and oxygen atoms in total. The minimum atomic E-state index is -3.77. The van der Waals surface area contributed by atoms with Crippen molar-refractivity contribution < 1.29 is 8.42 Å². The van der Waals surface area contributed by atoms with Crippen LogP contribution < -0.4 is 4.72 Å². The molecule has 0 atom stereocenters. The van der Waals surface area contributed by atoms with Gasteiger partial charge in [0, 0.05) is 11.6 Å². The number of nitrogens with one attached hydrogen (secondary N) is 1. The Bertz CT molecular complexity index is 992. The van der Waals surface area contributed by atoms with Gasteiger partial charge in [-0.25, -0.2) is 18.1 Å². The zero-order valence-corrected chi connectivity index (χ0v) is 15.8. The van der Waals surface area contributed by atoms with E-state index in [0.717, 1.165) is 10.6 Å². The van der Waals surface area contributed by atoms with Gasteiger partial charge in [0.05, 0.1) is 5.69 Å². The molecule has 0 saturated heterocycles. The Hall–Kier alpha value is -1.48. The Labute approximate surface area is 149 Å². The van der Waals surface area contributed by atoms with Crippen molar-refractivity contribution in [1.82, 2.24) is 19.3 Å². The molecule has 0 fully saturated rings. The number of imidazole rings is 1. The third-order valence-electron chi connectivity index (χ3n) is 3.45. The van der Waals surface area contributed by atoms with Gasteiger partial charge in [-0.3, -0.25) is 0 Å². The highest BCUT2D eigenvalue weighted by molar-refractivity contribution is 7.89. The van der Waals surface area contributed by atoms with Gasteiger partial charge in [0.25, 0.3) is 10.0 Å². The standard InChI is InChI=1S/C15H17ClN4O2S2/c1-9(2)13-14(20-15(18-13)23-10(3)19-20)24(21,22)17-8-11-5-4-6-12(16)7-11/h4-7,9,17H,8H2,1-3H3. The lowest BCUT2D eigenvalue weighted by Crippen LogP contribution is -2.26. The number of rotatable bonds is 5. The lowest BCUT2D eigenvalue weighted by atomic mass is 10.2. The first-order chi connectivity index (χ1) is 11.3. The van der Waals surface area contributed by atoms with Crippen LogP contribution in [0.5, 0.6) is 0 Å². The van der Waals surface area contributed by atoms with E-state index in [1.807, 2.05) is 26.8 Å². The minimum Gasteiger partial charge on any atom is -0.221 e. The Morgan fingerprint density at radius 1 is 1.38 bits per heavy atom. The molecule has 0 aliphatic carbocycles. The fraction of sp³-hybridized carbons (Fsp3) is 0.333. The summed E-state index contributed by atoms with van der Waals surface area (Å²) in [4.78, 5) is 5.03. The number of halogens is 1. The smallest absolute Gasteiger partial charge is 0.221 e. The molecule has 0 aliphatic heterocycles. The maximum absolute atomic E-state index is 12.9. The van der Waals surface area contributed by atoms with Crippen LogP contribution in [0.2, 0.25) is 5.02 Å². The molecule has 0 unspecified atom stereocenters. The highest BCUT2D eigenvalue weighted by Crippen LogP contribution is 2.27. The van der Waals surface area contributed by atoms with Gasteiger partial charge in [-0.2, -0.15) is 9.61 Å². The number of fused-ring (bicyclic) bond motifs is 1. The number of aryl methyl sites for hydroxylation is 1. The third-order valence-corrected chi connectivity index (χ3v) is 5.92. The molecule has 0 aliphatic rings. The van der Waals surface area contributed by atoms with E-state index in [1.54, 1.807) is 18.2 Å². The van der Waals surface area contributed by atoms with E-state index in [0.29, 0.717) is 15.7 Å². The molecular formula is C15H17ClN4O2S2. The minimum absolute atomic E-state index is 0.0306. The summed E-state index contributed by atoms with van der Waals surface area (Å²) >= 11 is 7.31. The highest BCUT2D eigenvalue weighted by atomic mass is 35.5. The molecule has 0 amide bonds. The molecule has 2 aromatic heterocycles. The first-order valence-electron chi connectivity index (χ1n) is 7.38. The summed E-state index contributed by atoms with van der Waals surface area (Å²) in [6.45, 7) is 5.80. The Kier molecular flexibility index (Phi) is 4.65. The van der Waals surface area contributed by atoms with Crippen LogP contribution in [0.1, 0.15) is 36.0 Å². The van der Waals surface area contributed by atoms with Crippen LogP contribution in [-0.2, 0) is 16.6 Å². The van der Waals surface area contributed by atoms with Crippen molar-refractivity contribution in [2.45, 2.75) is 38.3 Å². The number of benzene rings is 1. The van der Waals surface area contributed by atoms with Crippen LogP contribution >= 0.6 is 22.9 Å². The second kappa shape index (κ2) is 6.44. The predicted octanol–water partition coefficient (Wildman–Crippen LogP) is 3.35. The summed E-state index contributed by atoms with van der Waals surface area (Å²) in [5, 5.41) is 5.72. The number of aromatic nitrogens is 3. The molecule has 0 spiro atoms. The predicted molar refractivity (Wildman–Crippen MR) is 95.2 cm³/mol. The summed E-state index contributed by atoms with van der Waals surface area (Å²) in [5.74, 6) is -0.0306. The highest BCUT2D eigenvalue weighted by Gasteiger charge is 2.28.